The normalized spacial score (nSPS) is 17.4. The van der Waals surface area contributed by atoms with Gasteiger partial charge in [0.25, 0.3) is 5.91 Å². The number of benzene rings is 1. The van der Waals surface area contributed by atoms with Crippen LogP contribution in [0.4, 0.5) is 4.39 Å². The summed E-state index contributed by atoms with van der Waals surface area (Å²) < 4.78 is 13.7. The highest BCUT2D eigenvalue weighted by atomic mass is 35.5. The minimum Gasteiger partial charge on any atom is -0.339 e. The average Bonchev–Trinajstić information content (AvgIpc) is 2.40. The lowest BCUT2D eigenvalue weighted by Gasteiger charge is -2.38. The molecule has 4 heteroatoms. The molecule has 0 N–H and O–H groups in total. The molecule has 20 heavy (non-hydrogen) atoms. The Bertz CT molecular complexity index is 502. The van der Waals surface area contributed by atoms with Gasteiger partial charge in [0.15, 0.2) is 0 Å². The van der Waals surface area contributed by atoms with E-state index in [-0.39, 0.29) is 16.9 Å². The predicted molar refractivity (Wildman–Crippen MR) is 79.5 cm³/mol. The van der Waals surface area contributed by atoms with Crippen LogP contribution in [0.2, 0.25) is 5.02 Å². The Morgan fingerprint density at radius 3 is 2.45 bits per heavy atom. The second-order valence-electron chi connectivity index (χ2n) is 6.56. The molecule has 1 saturated heterocycles. The van der Waals surface area contributed by atoms with Crippen molar-refractivity contribution in [3.05, 3.63) is 34.6 Å². The Morgan fingerprint density at radius 2 is 1.90 bits per heavy atom. The van der Waals surface area contributed by atoms with Gasteiger partial charge >= 0.3 is 0 Å². The second-order valence-corrected chi connectivity index (χ2v) is 6.99. The van der Waals surface area contributed by atoms with Gasteiger partial charge in [-0.2, -0.15) is 0 Å². The van der Waals surface area contributed by atoms with Crippen LogP contribution < -0.4 is 0 Å². The van der Waals surface area contributed by atoms with Gasteiger partial charge in [-0.25, -0.2) is 4.39 Å². The van der Waals surface area contributed by atoms with Crippen molar-refractivity contribution < 1.29 is 9.18 Å². The number of carbonyl (C=O) groups is 1. The fourth-order valence-electron chi connectivity index (χ4n) is 2.78. The van der Waals surface area contributed by atoms with E-state index in [1.165, 1.54) is 18.2 Å². The fourth-order valence-corrected chi connectivity index (χ4v) is 2.95. The van der Waals surface area contributed by atoms with E-state index in [0.29, 0.717) is 24.0 Å². The topological polar surface area (TPSA) is 20.3 Å². The summed E-state index contributed by atoms with van der Waals surface area (Å²) in [4.78, 5) is 14.1. The second kappa shape index (κ2) is 5.72. The first-order chi connectivity index (χ1) is 9.29. The van der Waals surface area contributed by atoms with Crippen molar-refractivity contribution in [3.63, 3.8) is 0 Å². The average molecular weight is 298 g/mol. The summed E-state index contributed by atoms with van der Waals surface area (Å²) >= 11 is 5.85. The first-order valence-corrected chi connectivity index (χ1v) is 7.41. The van der Waals surface area contributed by atoms with Crippen LogP contribution in [-0.2, 0) is 0 Å². The third-order valence-electron chi connectivity index (χ3n) is 4.17. The molecule has 0 atom stereocenters. The van der Waals surface area contributed by atoms with Crippen LogP contribution in [0, 0.1) is 17.2 Å². The van der Waals surface area contributed by atoms with Crippen LogP contribution in [0.15, 0.2) is 18.2 Å². The Kier molecular flexibility index (Phi) is 4.38. The molecule has 1 aromatic rings. The number of hydrogen-bond acceptors (Lipinski definition) is 1. The molecule has 1 aromatic carbocycles. The van der Waals surface area contributed by atoms with Crippen molar-refractivity contribution >= 4 is 17.5 Å². The van der Waals surface area contributed by atoms with Gasteiger partial charge in [-0.1, -0.05) is 32.4 Å². The molecule has 0 aromatic heterocycles. The van der Waals surface area contributed by atoms with E-state index in [4.69, 9.17) is 11.6 Å². The van der Waals surface area contributed by atoms with E-state index >= 15 is 0 Å². The molecule has 0 radical (unpaired) electrons. The molecule has 110 valence electrons. The van der Waals surface area contributed by atoms with Gasteiger partial charge in [0.05, 0.1) is 5.56 Å². The Morgan fingerprint density at radius 1 is 1.30 bits per heavy atom. The Hall–Kier alpha value is -1.09. The number of hydrogen-bond donors (Lipinski definition) is 0. The monoisotopic (exact) mass is 297 g/mol. The van der Waals surface area contributed by atoms with Gasteiger partial charge in [-0.3, -0.25) is 4.79 Å². The molecule has 1 aliphatic heterocycles. The number of carbonyl (C=O) groups excluding carboxylic acids is 1. The molecular weight excluding hydrogens is 277 g/mol. The van der Waals surface area contributed by atoms with Crippen LogP contribution in [0.25, 0.3) is 0 Å². The van der Waals surface area contributed by atoms with E-state index in [0.717, 1.165) is 12.8 Å². The van der Waals surface area contributed by atoms with Gasteiger partial charge in [-0.05, 0) is 42.4 Å². The van der Waals surface area contributed by atoms with Crippen LogP contribution in [-0.4, -0.2) is 23.9 Å². The number of halogens is 2. The highest BCUT2D eigenvalue weighted by Crippen LogP contribution is 2.34. The third-order valence-corrected chi connectivity index (χ3v) is 4.40. The SMILES string of the molecule is CC(C)(C)C1CCN(C(=O)c2cc(Cl)ccc2F)CC1. The molecule has 0 saturated carbocycles. The highest BCUT2D eigenvalue weighted by molar-refractivity contribution is 6.31. The summed E-state index contributed by atoms with van der Waals surface area (Å²) in [6.07, 6.45) is 1.94. The molecule has 1 aliphatic rings. The zero-order valence-electron chi connectivity index (χ0n) is 12.2. The first-order valence-electron chi connectivity index (χ1n) is 7.03. The van der Waals surface area contributed by atoms with Gasteiger partial charge in [0.2, 0.25) is 0 Å². The number of piperidine rings is 1. The summed E-state index contributed by atoms with van der Waals surface area (Å²) in [6.45, 7) is 8.06. The summed E-state index contributed by atoms with van der Waals surface area (Å²) in [5, 5.41) is 0.388. The Labute approximate surface area is 124 Å². The van der Waals surface area contributed by atoms with Crippen molar-refractivity contribution in [1.29, 1.82) is 0 Å². The summed E-state index contributed by atoms with van der Waals surface area (Å²) in [6, 6.07) is 4.12. The predicted octanol–water partition coefficient (Wildman–Crippen LogP) is 4.38. The quantitative estimate of drug-likeness (QED) is 0.753. The third kappa shape index (κ3) is 3.32. The maximum absolute atomic E-state index is 13.7. The van der Waals surface area contributed by atoms with Crippen LogP contribution in [0.5, 0.6) is 0 Å². The van der Waals surface area contributed by atoms with Gasteiger partial charge in [0, 0.05) is 18.1 Å². The minimum absolute atomic E-state index is 0.0757. The van der Waals surface area contributed by atoms with Gasteiger partial charge < -0.3 is 4.90 Å². The first kappa shape index (κ1) is 15.3. The van der Waals surface area contributed by atoms with E-state index in [2.05, 4.69) is 20.8 Å². The van der Waals surface area contributed by atoms with E-state index in [1.54, 1.807) is 4.90 Å². The summed E-state index contributed by atoms with van der Waals surface area (Å²) in [5.74, 6) is -0.148. The molecular formula is C16H21ClFNO. The summed E-state index contributed by atoms with van der Waals surface area (Å²) in [7, 11) is 0. The van der Waals surface area contributed by atoms with Crippen molar-refractivity contribution in [3.8, 4) is 0 Å². The maximum Gasteiger partial charge on any atom is 0.256 e. The molecule has 0 spiro atoms. The highest BCUT2D eigenvalue weighted by Gasteiger charge is 2.31. The zero-order valence-corrected chi connectivity index (χ0v) is 13.0. The molecule has 0 aliphatic carbocycles. The lowest BCUT2D eigenvalue weighted by Crippen LogP contribution is -2.41. The Balaban J connectivity index is 2.07. The van der Waals surface area contributed by atoms with E-state index < -0.39 is 5.82 Å². The number of rotatable bonds is 1. The molecule has 0 bridgehead atoms. The fraction of sp³-hybridized carbons (Fsp3) is 0.562. The minimum atomic E-state index is -0.502. The largest absolute Gasteiger partial charge is 0.339 e. The summed E-state index contributed by atoms with van der Waals surface area (Å²) in [5.41, 5.74) is 0.336. The van der Waals surface area contributed by atoms with Crippen LogP contribution in [0.3, 0.4) is 0 Å². The zero-order chi connectivity index (χ0) is 14.9. The van der Waals surface area contributed by atoms with E-state index in [1.807, 2.05) is 0 Å². The molecule has 1 amide bonds. The molecule has 1 fully saturated rings. The smallest absolute Gasteiger partial charge is 0.256 e. The number of nitrogens with zero attached hydrogens (tertiary/aromatic N) is 1. The van der Waals surface area contributed by atoms with Crippen molar-refractivity contribution in [2.45, 2.75) is 33.6 Å². The van der Waals surface area contributed by atoms with Gasteiger partial charge in [-0.15, -0.1) is 0 Å². The molecule has 2 rings (SSSR count). The maximum atomic E-state index is 13.7. The van der Waals surface area contributed by atoms with Crippen LogP contribution in [0.1, 0.15) is 44.0 Å². The number of likely N-dealkylation sites (tertiary alicyclic amines) is 1. The van der Waals surface area contributed by atoms with E-state index in [9.17, 15) is 9.18 Å². The van der Waals surface area contributed by atoms with Crippen LogP contribution >= 0.6 is 11.6 Å². The molecule has 2 nitrogen and oxygen atoms in total. The molecule has 0 unspecified atom stereocenters. The van der Waals surface area contributed by atoms with Gasteiger partial charge in [0.1, 0.15) is 5.82 Å². The standard InChI is InChI=1S/C16H21ClFNO/c1-16(2,3)11-6-8-19(9-7-11)15(20)13-10-12(17)4-5-14(13)18/h4-5,10-11H,6-9H2,1-3H3. The van der Waals surface area contributed by atoms with Crippen molar-refractivity contribution in [2.24, 2.45) is 11.3 Å². The lowest BCUT2D eigenvalue weighted by atomic mass is 9.75. The number of amides is 1. The van der Waals surface area contributed by atoms with Crippen molar-refractivity contribution in [2.75, 3.05) is 13.1 Å². The van der Waals surface area contributed by atoms with Crippen molar-refractivity contribution in [1.82, 2.24) is 4.90 Å². The lowest BCUT2D eigenvalue weighted by molar-refractivity contribution is 0.0604. The molecule has 1 heterocycles.